The Bertz CT molecular complexity index is 1040. The second-order valence-electron chi connectivity index (χ2n) is 9.36. The number of piperidine rings is 1. The van der Waals surface area contributed by atoms with Crippen LogP contribution >= 0.6 is 0 Å². The van der Waals surface area contributed by atoms with Crippen LogP contribution in [0.5, 0.6) is 0 Å². The van der Waals surface area contributed by atoms with Crippen molar-refractivity contribution in [2.24, 2.45) is 5.92 Å². The van der Waals surface area contributed by atoms with Gasteiger partial charge in [0.15, 0.2) is 0 Å². The van der Waals surface area contributed by atoms with Gasteiger partial charge in [0, 0.05) is 31.7 Å². The lowest BCUT2D eigenvalue weighted by molar-refractivity contribution is -0.116. The molecule has 0 atom stereocenters. The van der Waals surface area contributed by atoms with Gasteiger partial charge in [-0.2, -0.15) is 4.31 Å². The van der Waals surface area contributed by atoms with E-state index in [1.807, 2.05) is 12.1 Å². The summed E-state index contributed by atoms with van der Waals surface area (Å²) in [5.41, 5.74) is 3.00. The fourth-order valence-electron chi connectivity index (χ4n) is 4.42. The quantitative estimate of drug-likeness (QED) is 0.619. The van der Waals surface area contributed by atoms with Crippen LogP contribution < -0.4 is 5.32 Å². The molecule has 0 spiro atoms. The smallest absolute Gasteiger partial charge is 0.243 e. The molecule has 2 aromatic rings. The maximum Gasteiger partial charge on any atom is 0.243 e. The van der Waals surface area contributed by atoms with E-state index in [-0.39, 0.29) is 10.8 Å². The van der Waals surface area contributed by atoms with Crippen LogP contribution in [-0.2, 0) is 32.5 Å². The highest BCUT2D eigenvalue weighted by Gasteiger charge is 2.26. The maximum atomic E-state index is 12.7. The van der Waals surface area contributed by atoms with E-state index in [0.29, 0.717) is 39.1 Å². The van der Waals surface area contributed by atoms with Crippen LogP contribution in [0.4, 0.5) is 5.69 Å². The Hall–Kier alpha value is -2.26. The number of morpholine rings is 1. The van der Waals surface area contributed by atoms with Gasteiger partial charge in [-0.25, -0.2) is 8.42 Å². The number of sulfonamides is 1. The van der Waals surface area contributed by atoms with Crippen LogP contribution in [0.3, 0.4) is 0 Å². The van der Waals surface area contributed by atoms with E-state index in [0.717, 1.165) is 36.8 Å². The van der Waals surface area contributed by atoms with Crippen molar-refractivity contribution in [2.75, 3.05) is 44.7 Å². The van der Waals surface area contributed by atoms with Crippen LogP contribution in [-0.4, -0.2) is 62.9 Å². The van der Waals surface area contributed by atoms with Crippen molar-refractivity contribution in [3.63, 3.8) is 0 Å². The molecule has 0 saturated carbocycles. The molecule has 4 rings (SSSR count). The van der Waals surface area contributed by atoms with Crippen molar-refractivity contribution in [3.8, 4) is 0 Å². The second kappa shape index (κ2) is 11.4. The third-order valence-electron chi connectivity index (χ3n) is 6.69. The monoisotopic (exact) mass is 485 g/mol. The Balaban J connectivity index is 1.23. The average Bonchev–Trinajstić information content (AvgIpc) is 2.86. The number of ether oxygens (including phenoxy) is 1. The van der Waals surface area contributed by atoms with E-state index in [1.165, 1.54) is 22.7 Å². The van der Waals surface area contributed by atoms with Crippen LogP contribution in [0.1, 0.15) is 37.3 Å². The molecule has 0 radical (unpaired) electrons. The van der Waals surface area contributed by atoms with E-state index in [1.54, 1.807) is 24.3 Å². The van der Waals surface area contributed by atoms with Crippen LogP contribution in [0.2, 0.25) is 0 Å². The number of rotatable bonds is 8. The van der Waals surface area contributed by atoms with Gasteiger partial charge in [0.2, 0.25) is 15.9 Å². The van der Waals surface area contributed by atoms with Crippen molar-refractivity contribution in [2.45, 2.75) is 44.0 Å². The molecule has 2 saturated heterocycles. The molecule has 184 valence electrons. The molecule has 1 N–H and O–H groups in total. The summed E-state index contributed by atoms with van der Waals surface area (Å²) in [5.74, 6) is 0.776. The van der Waals surface area contributed by atoms with Gasteiger partial charge in [-0.1, -0.05) is 31.2 Å². The lowest BCUT2D eigenvalue weighted by atomic mass is 9.99. The number of hydrogen-bond donors (Lipinski definition) is 1. The van der Waals surface area contributed by atoms with Gasteiger partial charge in [0.25, 0.3) is 0 Å². The predicted molar refractivity (Wildman–Crippen MR) is 133 cm³/mol. The number of nitrogens with zero attached hydrogens (tertiary/aromatic N) is 2. The SMILES string of the molecule is CC1CCN(Cc2ccc(NC(=O)CCc3ccc(S(=O)(=O)N4CCOCC4)cc3)cc2)CC1. The molecule has 2 heterocycles. The summed E-state index contributed by atoms with van der Waals surface area (Å²) >= 11 is 0. The number of carbonyl (C=O) groups is 1. The molecular weight excluding hydrogens is 450 g/mol. The van der Waals surface area contributed by atoms with Gasteiger partial charge in [0.1, 0.15) is 0 Å². The fraction of sp³-hybridized carbons (Fsp3) is 0.500. The van der Waals surface area contributed by atoms with Crippen molar-refractivity contribution in [3.05, 3.63) is 59.7 Å². The van der Waals surface area contributed by atoms with Crippen molar-refractivity contribution in [1.82, 2.24) is 9.21 Å². The third kappa shape index (κ3) is 6.66. The Morgan fingerprint density at radius 2 is 1.56 bits per heavy atom. The van der Waals surface area contributed by atoms with Gasteiger partial charge < -0.3 is 10.1 Å². The first kappa shape index (κ1) is 24.9. The molecule has 1 amide bonds. The summed E-state index contributed by atoms with van der Waals surface area (Å²) in [6.45, 7) is 7.18. The van der Waals surface area contributed by atoms with E-state index >= 15 is 0 Å². The maximum absolute atomic E-state index is 12.7. The lowest BCUT2D eigenvalue weighted by Gasteiger charge is -2.30. The third-order valence-corrected chi connectivity index (χ3v) is 8.60. The number of carbonyl (C=O) groups excluding carboxylic acids is 1. The van der Waals surface area contributed by atoms with Crippen LogP contribution in [0.25, 0.3) is 0 Å². The van der Waals surface area contributed by atoms with E-state index < -0.39 is 10.0 Å². The van der Waals surface area contributed by atoms with Gasteiger partial charge in [-0.05, 0) is 73.7 Å². The molecule has 2 aliphatic heterocycles. The predicted octanol–water partition coefficient (Wildman–Crippen LogP) is 3.51. The largest absolute Gasteiger partial charge is 0.379 e. The summed E-state index contributed by atoms with van der Waals surface area (Å²) in [4.78, 5) is 15.2. The summed E-state index contributed by atoms with van der Waals surface area (Å²) in [6, 6.07) is 14.9. The topological polar surface area (TPSA) is 79.0 Å². The van der Waals surface area contributed by atoms with Gasteiger partial charge in [-0.15, -0.1) is 0 Å². The zero-order valence-corrected chi connectivity index (χ0v) is 20.7. The summed E-state index contributed by atoms with van der Waals surface area (Å²) < 4.78 is 32.1. The zero-order chi connectivity index (χ0) is 24.0. The number of amides is 1. The highest BCUT2D eigenvalue weighted by atomic mass is 32.2. The minimum Gasteiger partial charge on any atom is -0.379 e. The van der Waals surface area contributed by atoms with Gasteiger partial charge >= 0.3 is 0 Å². The van der Waals surface area contributed by atoms with E-state index in [4.69, 9.17) is 4.74 Å². The number of anilines is 1. The van der Waals surface area contributed by atoms with Crippen molar-refractivity contribution in [1.29, 1.82) is 0 Å². The number of aryl methyl sites for hydroxylation is 1. The summed E-state index contributed by atoms with van der Waals surface area (Å²) in [5, 5.41) is 2.96. The molecule has 2 aromatic carbocycles. The van der Waals surface area contributed by atoms with Gasteiger partial charge in [0.05, 0.1) is 18.1 Å². The van der Waals surface area contributed by atoms with Gasteiger partial charge in [-0.3, -0.25) is 9.69 Å². The summed E-state index contributed by atoms with van der Waals surface area (Å²) in [6.07, 6.45) is 3.42. The minimum absolute atomic E-state index is 0.0530. The molecule has 0 unspecified atom stereocenters. The highest BCUT2D eigenvalue weighted by molar-refractivity contribution is 7.89. The van der Waals surface area contributed by atoms with E-state index in [2.05, 4.69) is 29.3 Å². The highest BCUT2D eigenvalue weighted by Crippen LogP contribution is 2.20. The lowest BCUT2D eigenvalue weighted by Crippen LogP contribution is -2.40. The number of hydrogen-bond acceptors (Lipinski definition) is 5. The first-order chi connectivity index (χ1) is 16.4. The van der Waals surface area contributed by atoms with Crippen molar-refractivity contribution >= 4 is 21.6 Å². The molecule has 2 fully saturated rings. The summed E-state index contributed by atoms with van der Waals surface area (Å²) in [7, 11) is -3.50. The average molecular weight is 486 g/mol. The number of nitrogens with one attached hydrogen (secondary N) is 1. The number of benzene rings is 2. The molecule has 0 aliphatic carbocycles. The standard InChI is InChI=1S/C26H35N3O4S/c1-21-12-14-28(15-13-21)20-23-2-7-24(8-3-23)27-26(30)11-6-22-4-9-25(10-5-22)34(31,32)29-16-18-33-19-17-29/h2-5,7-10,21H,6,11-20H2,1H3,(H,27,30). The number of likely N-dealkylation sites (tertiary alicyclic amines) is 1. The molecule has 8 heteroatoms. The molecule has 7 nitrogen and oxygen atoms in total. The van der Waals surface area contributed by atoms with Crippen LogP contribution in [0, 0.1) is 5.92 Å². The molecular formula is C26H35N3O4S. The Kier molecular flexibility index (Phi) is 8.37. The molecule has 0 bridgehead atoms. The Morgan fingerprint density at radius 3 is 2.21 bits per heavy atom. The molecule has 0 aromatic heterocycles. The van der Waals surface area contributed by atoms with Crippen LogP contribution in [0.15, 0.2) is 53.4 Å². The molecule has 2 aliphatic rings. The Labute approximate surface area is 203 Å². The first-order valence-corrected chi connectivity index (χ1v) is 13.6. The fourth-order valence-corrected chi connectivity index (χ4v) is 5.83. The second-order valence-corrected chi connectivity index (χ2v) is 11.3. The van der Waals surface area contributed by atoms with Crippen molar-refractivity contribution < 1.29 is 17.9 Å². The minimum atomic E-state index is -3.50. The normalized spacial score (nSPS) is 18.6. The van der Waals surface area contributed by atoms with E-state index in [9.17, 15) is 13.2 Å². The zero-order valence-electron chi connectivity index (χ0n) is 19.9. The first-order valence-electron chi connectivity index (χ1n) is 12.2. The Morgan fingerprint density at radius 1 is 0.941 bits per heavy atom. The molecule has 34 heavy (non-hydrogen) atoms.